The number of cyclic esters (lactones) is 1. The molecule has 2 fully saturated rings. The van der Waals surface area contributed by atoms with Gasteiger partial charge in [0, 0.05) is 31.6 Å². The van der Waals surface area contributed by atoms with E-state index in [4.69, 9.17) is 13.9 Å². The van der Waals surface area contributed by atoms with Gasteiger partial charge in [-0.3, -0.25) is 9.59 Å². The highest BCUT2D eigenvalue weighted by Gasteiger charge is 2.52. The summed E-state index contributed by atoms with van der Waals surface area (Å²) in [4.78, 5) is 29.9. The number of rotatable bonds is 2. The molecule has 2 aliphatic rings. The molecule has 3 rings (SSSR count). The second-order valence-electron chi connectivity index (χ2n) is 10.7. The van der Waals surface area contributed by atoms with Crippen molar-refractivity contribution < 1.29 is 23.5 Å². The fourth-order valence-electron chi connectivity index (χ4n) is 4.54. The Balaban J connectivity index is 1.76. The summed E-state index contributed by atoms with van der Waals surface area (Å²) in [6.07, 6.45) is 9.16. The molecule has 1 aromatic heterocycles. The van der Waals surface area contributed by atoms with Crippen LogP contribution in [-0.2, 0) is 19.1 Å². The molecule has 0 N–H and O–H groups in total. The van der Waals surface area contributed by atoms with Crippen LogP contribution < -0.4 is 0 Å². The molecule has 178 valence electrons. The number of hydrogen-bond acceptors (Lipinski definition) is 6. The van der Waals surface area contributed by atoms with Crippen molar-refractivity contribution in [1.29, 1.82) is 0 Å². The molecule has 32 heavy (non-hydrogen) atoms. The second kappa shape index (κ2) is 9.90. The predicted molar refractivity (Wildman–Crippen MR) is 123 cm³/mol. The van der Waals surface area contributed by atoms with E-state index in [2.05, 4.69) is 18.8 Å². The zero-order chi connectivity index (χ0) is 23.5. The van der Waals surface area contributed by atoms with Gasteiger partial charge in [0.2, 0.25) is 0 Å². The highest BCUT2D eigenvalue weighted by Crippen LogP contribution is 2.45. The topological polar surface area (TPSA) is 81.9 Å². The van der Waals surface area contributed by atoms with Crippen LogP contribution in [0, 0.1) is 18.3 Å². The van der Waals surface area contributed by atoms with Crippen LogP contribution >= 0.6 is 0 Å². The van der Waals surface area contributed by atoms with Crippen molar-refractivity contribution in [3.05, 3.63) is 23.4 Å². The first-order valence-corrected chi connectivity index (χ1v) is 12.0. The fourth-order valence-corrected chi connectivity index (χ4v) is 4.54. The number of hydrogen-bond donors (Lipinski definition) is 0. The molecular weight excluding hydrogens is 406 g/mol. The first-order valence-electron chi connectivity index (χ1n) is 12.0. The van der Waals surface area contributed by atoms with Gasteiger partial charge in [-0.15, -0.1) is 0 Å². The Morgan fingerprint density at radius 2 is 1.91 bits per heavy atom. The molecule has 0 amide bonds. The molecule has 3 heterocycles. The molecule has 1 aromatic rings. The van der Waals surface area contributed by atoms with E-state index in [-0.39, 0.29) is 29.9 Å². The molecule has 2 saturated heterocycles. The van der Waals surface area contributed by atoms with Crippen molar-refractivity contribution in [2.45, 2.75) is 111 Å². The summed E-state index contributed by atoms with van der Waals surface area (Å²) in [6.45, 7) is 12.0. The van der Waals surface area contributed by atoms with Gasteiger partial charge in [0.1, 0.15) is 23.8 Å². The van der Waals surface area contributed by atoms with E-state index >= 15 is 0 Å². The predicted octanol–water partition coefficient (Wildman–Crippen LogP) is 5.82. The zero-order valence-electron chi connectivity index (χ0n) is 20.5. The third-order valence-electron chi connectivity index (χ3n) is 7.20. The summed E-state index contributed by atoms with van der Waals surface area (Å²) in [7, 11) is 0. The highest BCUT2D eigenvalue weighted by molar-refractivity contribution is 5.84. The van der Waals surface area contributed by atoms with Crippen LogP contribution in [-0.4, -0.2) is 34.5 Å². The molecule has 2 aliphatic heterocycles. The van der Waals surface area contributed by atoms with Gasteiger partial charge in [-0.1, -0.05) is 33.6 Å². The van der Waals surface area contributed by atoms with Gasteiger partial charge < -0.3 is 13.9 Å². The summed E-state index contributed by atoms with van der Waals surface area (Å²) in [5.74, 6) is 1.06. The molecule has 0 aliphatic carbocycles. The average Bonchev–Trinajstić information content (AvgIpc) is 3.16. The van der Waals surface area contributed by atoms with Crippen LogP contribution in [0.1, 0.15) is 97.6 Å². The molecule has 0 aromatic carbocycles. The Morgan fingerprint density at radius 1 is 1.16 bits per heavy atom. The number of esters is 1. The number of carbonyl (C=O) groups excluding carboxylic acids is 2. The molecule has 0 bridgehead atoms. The number of aryl methyl sites for hydroxylation is 1. The van der Waals surface area contributed by atoms with Crippen molar-refractivity contribution >= 4 is 17.8 Å². The first-order chi connectivity index (χ1) is 15.0. The van der Waals surface area contributed by atoms with Gasteiger partial charge in [-0.05, 0) is 50.7 Å². The SMILES string of the molecule is CC(=Cc1coc(C)n1)C1CC2OC2(C)CCCC(C)CCC(=O)C(C)(C)CCC(=O)O1. The van der Waals surface area contributed by atoms with Gasteiger partial charge in [0.05, 0.1) is 11.7 Å². The van der Waals surface area contributed by atoms with E-state index in [1.165, 1.54) is 0 Å². The lowest BCUT2D eigenvalue weighted by atomic mass is 9.80. The number of aromatic nitrogens is 1. The molecule has 4 unspecified atom stereocenters. The van der Waals surface area contributed by atoms with Crippen LogP contribution in [0.4, 0.5) is 0 Å². The smallest absolute Gasteiger partial charge is 0.306 e. The first kappa shape index (κ1) is 24.7. The Labute approximate surface area is 192 Å². The number of fused-ring (bicyclic) bond motifs is 1. The van der Waals surface area contributed by atoms with Gasteiger partial charge in [0.25, 0.3) is 0 Å². The van der Waals surface area contributed by atoms with Gasteiger partial charge in [0.15, 0.2) is 5.89 Å². The minimum Gasteiger partial charge on any atom is -0.458 e. The Kier molecular flexibility index (Phi) is 7.64. The largest absolute Gasteiger partial charge is 0.458 e. The third kappa shape index (κ3) is 6.53. The minimum atomic E-state index is -0.521. The van der Waals surface area contributed by atoms with Gasteiger partial charge in [-0.25, -0.2) is 4.98 Å². The number of epoxide rings is 1. The number of Topliss-reactive ketones (excluding diaryl/α,β-unsaturated/α-hetero) is 1. The van der Waals surface area contributed by atoms with Crippen molar-refractivity contribution in [3.8, 4) is 0 Å². The van der Waals surface area contributed by atoms with E-state index < -0.39 is 11.5 Å². The lowest BCUT2D eigenvalue weighted by Gasteiger charge is -2.25. The molecule has 0 radical (unpaired) electrons. The fraction of sp³-hybridized carbons (Fsp3) is 0.731. The maximum Gasteiger partial charge on any atom is 0.306 e. The third-order valence-corrected chi connectivity index (χ3v) is 7.20. The van der Waals surface area contributed by atoms with Gasteiger partial charge in [-0.2, -0.15) is 0 Å². The summed E-state index contributed by atoms with van der Waals surface area (Å²) in [6, 6.07) is 0. The lowest BCUT2D eigenvalue weighted by molar-refractivity contribution is -0.148. The molecule has 4 atom stereocenters. The minimum absolute atomic E-state index is 0.0731. The molecule has 0 saturated carbocycles. The van der Waals surface area contributed by atoms with E-state index in [1.807, 2.05) is 26.8 Å². The van der Waals surface area contributed by atoms with Crippen LogP contribution in [0.3, 0.4) is 0 Å². The zero-order valence-corrected chi connectivity index (χ0v) is 20.5. The van der Waals surface area contributed by atoms with Crippen LogP contribution in [0.15, 0.2) is 16.3 Å². The van der Waals surface area contributed by atoms with Crippen molar-refractivity contribution in [2.24, 2.45) is 11.3 Å². The summed E-state index contributed by atoms with van der Waals surface area (Å²) < 4.78 is 17.3. The normalized spacial score (nSPS) is 32.8. The molecular formula is C26H39NO5. The van der Waals surface area contributed by atoms with Crippen molar-refractivity contribution in [1.82, 2.24) is 4.98 Å². The second-order valence-corrected chi connectivity index (χ2v) is 10.7. The highest BCUT2D eigenvalue weighted by atomic mass is 16.6. The summed E-state index contributed by atoms with van der Waals surface area (Å²) in [5, 5.41) is 0. The lowest BCUT2D eigenvalue weighted by Crippen LogP contribution is -2.28. The molecule has 0 spiro atoms. The standard InChI is InChI=1S/C26H39NO5/c1-17-8-7-12-26(6)23(32-26)15-21(18(2)14-20-16-30-19(3)27-20)31-24(29)11-13-25(4,5)22(28)10-9-17/h14,16-17,21,23H,7-13,15H2,1-6H3. The molecule has 6 nitrogen and oxygen atoms in total. The monoisotopic (exact) mass is 445 g/mol. The van der Waals surface area contributed by atoms with E-state index in [1.54, 1.807) is 13.2 Å². The van der Waals surface area contributed by atoms with Gasteiger partial charge >= 0.3 is 5.97 Å². The van der Waals surface area contributed by atoms with E-state index in [0.717, 1.165) is 31.3 Å². The van der Waals surface area contributed by atoms with Crippen molar-refractivity contribution in [3.63, 3.8) is 0 Å². The number of carbonyl (C=O) groups is 2. The Morgan fingerprint density at radius 3 is 2.59 bits per heavy atom. The summed E-state index contributed by atoms with van der Waals surface area (Å²) in [5.41, 5.74) is 0.939. The van der Waals surface area contributed by atoms with E-state index in [9.17, 15) is 9.59 Å². The molecule has 6 heteroatoms. The average molecular weight is 446 g/mol. The number of oxazole rings is 1. The van der Waals surface area contributed by atoms with E-state index in [0.29, 0.717) is 36.8 Å². The quantitative estimate of drug-likeness (QED) is 0.421. The van der Waals surface area contributed by atoms with Crippen LogP contribution in [0.5, 0.6) is 0 Å². The Bertz CT molecular complexity index is 854. The maximum absolute atomic E-state index is 12.8. The maximum atomic E-state index is 12.8. The Hall–Kier alpha value is -1.95. The number of ketones is 1. The van der Waals surface area contributed by atoms with Crippen LogP contribution in [0.25, 0.3) is 6.08 Å². The van der Waals surface area contributed by atoms with Crippen LogP contribution in [0.2, 0.25) is 0 Å². The van der Waals surface area contributed by atoms with Crippen molar-refractivity contribution in [2.75, 3.05) is 0 Å². The summed E-state index contributed by atoms with van der Waals surface area (Å²) >= 11 is 0. The number of nitrogens with zero attached hydrogens (tertiary/aromatic N) is 1. The number of ether oxygens (including phenoxy) is 2.